The maximum absolute atomic E-state index is 9.71. The molecule has 6 heteroatoms. The molecule has 0 atom stereocenters. The van der Waals surface area contributed by atoms with E-state index in [0.717, 1.165) is 0 Å². The summed E-state index contributed by atoms with van der Waals surface area (Å²) in [5.74, 6) is -0.354. The van der Waals surface area contributed by atoms with Crippen molar-refractivity contribution < 1.29 is 33.3 Å². The zero-order chi connectivity index (χ0) is 5.91. The van der Waals surface area contributed by atoms with Crippen LogP contribution in [0.2, 0.25) is 0 Å². The molecule has 0 bridgehead atoms. The van der Waals surface area contributed by atoms with Crippen LogP contribution in [0.25, 0.3) is 0 Å². The van der Waals surface area contributed by atoms with Gasteiger partial charge in [0.2, 0.25) is 0 Å². The zero-order valence-electron chi connectivity index (χ0n) is 5.66. The van der Waals surface area contributed by atoms with Crippen molar-refractivity contribution in [1.29, 1.82) is 0 Å². The van der Waals surface area contributed by atoms with Crippen LogP contribution >= 0.6 is 0 Å². The van der Waals surface area contributed by atoms with E-state index in [9.17, 15) is 8.42 Å². The molecule has 0 fully saturated rings. The van der Waals surface area contributed by atoms with Gasteiger partial charge >= 0.3 is 18.9 Å². The molecular weight excluding hydrogens is 125 g/mol. The summed E-state index contributed by atoms with van der Waals surface area (Å²) in [7, 11) is -3.80. The molecule has 0 rings (SSSR count). The first-order chi connectivity index (χ1) is 3.06. The van der Waals surface area contributed by atoms with Crippen molar-refractivity contribution in [3.05, 3.63) is 0 Å². The summed E-state index contributed by atoms with van der Waals surface area (Å²) in [5.41, 5.74) is 4.78. The van der Waals surface area contributed by atoms with Crippen LogP contribution in [-0.4, -0.2) is 25.3 Å². The second-order valence-corrected chi connectivity index (χ2v) is 2.65. The predicted octanol–water partition coefficient (Wildman–Crippen LogP) is -4.05. The average Bonchev–Trinajstić information content (AvgIpc) is 1.30. The van der Waals surface area contributed by atoms with E-state index in [-0.39, 0.29) is 32.6 Å². The molecule has 4 nitrogen and oxygen atoms in total. The molecule has 8 heavy (non-hydrogen) atoms. The van der Waals surface area contributed by atoms with Gasteiger partial charge in [-0.3, -0.25) is 4.55 Å². The summed E-state index contributed by atoms with van der Waals surface area (Å²) in [4.78, 5) is 0. The molecule has 0 amide bonds. The van der Waals surface area contributed by atoms with Gasteiger partial charge in [-0.25, -0.2) is 0 Å². The molecular formula is C2H8LiNO3S. The first kappa shape index (κ1) is 11.3. The summed E-state index contributed by atoms with van der Waals surface area (Å²) in [6.45, 7) is -0.0289. The molecule has 0 saturated heterocycles. The fourth-order valence-electron chi connectivity index (χ4n) is 0.149. The maximum atomic E-state index is 9.71. The fraction of sp³-hybridized carbons (Fsp3) is 1.00. The third kappa shape index (κ3) is 9.69. The van der Waals surface area contributed by atoms with Crippen molar-refractivity contribution in [2.45, 2.75) is 0 Å². The van der Waals surface area contributed by atoms with Crippen molar-refractivity contribution in [3.63, 3.8) is 0 Å². The Hall–Kier alpha value is 0.467. The van der Waals surface area contributed by atoms with Gasteiger partial charge in [0.15, 0.2) is 0 Å². The largest absolute Gasteiger partial charge is 1.00 e. The van der Waals surface area contributed by atoms with Crippen molar-refractivity contribution in [1.82, 2.24) is 0 Å². The Morgan fingerprint density at radius 3 is 2.00 bits per heavy atom. The second kappa shape index (κ2) is 4.36. The third-order valence-electron chi connectivity index (χ3n) is 0.376. The molecule has 0 radical (unpaired) electrons. The van der Waals surface area contributed by atoms with Gasteiger partial charge in [0.25, 0.3) is 10.1 Å². The van der Waals surface area contributed by atoms with Gasteiger partial charge in [-0.15, -0.1) is 0 Å². The Bertz CT molecular complexity index is 135. The Balaban J connectivity index is -0.000000180. The minimum atomic E-state index is -3.80. The Kier molecular flexibility index (Phi) is 6.15. The topological polar surface area (TPSA) is 80.4 Å². The van der Waals surface area contributed by atoms with Gasteiger partial charge in [-0.1, -0.05) is 0 Å². The zero-order valence-corrected chi connectivity index (χ0v) is 5.48. The smallest absolute Gasteiger partial charge is 1.00 e. The van der Waals surface area contributed by atoms with Crippen molar-refractivity contribution in [2.24, 2.45) is 5.73 Å². The second-order valence-electron chi connectivity index (χ2n) is 1.07. The van der Waals surface area contributed by atoms with Crippen LogP contribution in [-0.2, 0) is 10.1 Å². The van der Waals surface area contributed by atoms with Crippen molar-refractivity contribution >= 4 is 10.1 Å². The molecule has 3 N–H and O–H groups in total. The van der Waals surface area contributed by atoms with Crippen LogP contribution in [0.15, 0.2) is 0 Å². The fourth-order valence-corrected chi connectivity index (χ4v) is 0.447. The summed E-state index contributed by atoms with van der Waals surface area (Å²) in [5, 5.41) is 0. The Morgan fingerprint density at radius 2 is 2.00 bits per heavy atom. The molecule has 0 aliphatic heterocycles. The third-order valence-corrected chi connectivity index (χ3v) is 1.13. The van der Waals surface area contributed by atoms with E-state index in [1.807, 2.05) is 0 Å². The molecule has 0 aromatic rings. The average molecular weight is 133 g/mol. The monoisotopic (exact) mass is 133 g/mol. The van der Waals surface area contributed by atoms with E-state index in [1.54, 1.807) is 0 Å². The van der Waals surface area contributed by atoms with Gasteiger partial charge in [0.05, 0.1) is 5.75 Å². The molecule has 46 valence electrons. The number of nitrogens with two attached hydrogens (primary N) is 1. The van der Waals surface area contributed by atoms with E-state index in [4.69, 9.17) is 10.3 Å². The van der Waals surface area contributed by atoms with Crippen molar-refractivity contribution in [2.75, 3.05) is 12.3 Å². The normalized spacial score (nSPS) is 10.2. The molecule has 0 aromatic heterocycles. The first-order valence-corrected chi connectivity index (χ1v) is 3.32. The minimum Gasteiger partial charge on any atom is -1.00 e. The number of hydrogen-bond acceptors (Lipinski definition) is 3. The quantitative estimate of drug-likeness (QED) is 0.297. The van der Waals surface area contributed by atoms with E-state index in [1.165, 1.54) is 0 Å². The molecule has 0 spiro atoms. The standard InChI is InChI=1S/C2H7NO3S.Li.H/c3-1-2-7(4,5)6;;/h1-3H2,(H,4,5,6);;/q;+1;-1. The van der Waals surface area contributed by atoms with E-state index >= 15 is 0 Å². The van der Waals surface area contributed by atoms with Crippen molar-refractivity contribution in [3.8, 4) is 0 Å². The van der Waals surface area contributed by atoms with E-state index in [0.29, 0.717) is 0 Å². The van der Waals surface area contributed by atoms with Gasteiger partial charge < -0.3 is 7.16 Å². The Labute approximate surface area is 61.9 Å². The van der Waals surface area contributed by atoms with Crippen LogP contribution in [0.1, 0.15) is 1.43 Å². The predicted molar refractivity (Wildman–Crippen MR) is 26.6 cm³/mol. The summed E-state index contributed by atoms with van der Waals surface area (Å²) < 4.78 is 27.3. The van der Waals surface area contributed by atoms with Gasteiger partial charge in [-0.2, -0.15) is 8.42 Å². The molecule has 0 unspecified atom stereocenters. The van der Waals surface area contributed by atoms with Crippen LogP contribution in [0.3, 0.4) is 0 Å². The van der Waals surface area contributed by atoms with E-state index < -0.39 is 10.1 Å². The summed E-state index contributed by atoms with van der Waals surface area (Å²) >= 11 is 0. The van der Waals surface area contributed by atoms with Crippen LogP contribution in [0.5, 0.6) is 0 Å². The van der Waals surface area contributed by atoms with Gasteiger partial charge in [0, 0.05) is 6.54 Å². The molecule has 0 aliphatic carbocycles. The molecule has 0 heterocycles. The van der Waals surface area contributed by atoms with E-state index in [2.05, 4.69) is 0 Å². The molecule has 0 saturated carbocycles. The summed E-state index contributed by atoms with van der Waals surface area (Å²) in [6.07, 6.45) is 0. The first-order valence-electron chi connectivity index (χ1n) is 1.71. The van der Waals surface area contributed by atoms with Gasteiger partial charge in [-0.05, 0) is 0 Å². The van der Waals surface area contributed by atoms with Crippen LogP contribution in [0, 0.1) is 0 Å². The maximum Gasteiger partial charge on any atom is 1.00 e. The Morgan fingerprint density at radius 1 is 1.62 bits per heavy atom. The summed E-state index contributed by atoms with van der Waals surface area (Å²) in [6, 6.07) is 0. The van der Waals surface area contributed by atoms with Crippen LogP contribution < -0.4 is 24.6 Å². The van der Waals surface area contributed by atoms with Gasteiger partial charge in [0.1, 0.15) is 0 Å². The molecule has 0 aromatic carbocycles. The number of rotatable bonds is 2. The number of hydrogen-bond donors (Lipinski definition) is 2. The SMILES string of the molecule is NCCS(=O)(=O)O.[H-].[Li+]. The van der Waals surface area contributed by atoms with Crippen LogP contribution in [0.4, 0.5) is 0 Å². The minimum absolute atomic E-state index is 0. The molecule has 0 aliphatic rings.